The number of hydrogen-bond acceptors (Lipinski definition) is 5. The monoisotopic (exact) mass is 498 g/mol. The number of aliphatic hydroxyl groups excluding tert-OH is 2. The SMILES string of the molecule is O=C(NCCC(O)C(O)c1cc(Br)c[nH]c1=O)OCC1c2ccccc2-c2ccccc21. The van der Waals surface area contributed by atoms with Crippen LogP contribution in [0.2, 0.25) is 0 Å². The van der Waals surface area contributed by atoms with Gasteiger partial charge in [0.05, 0.1) is 6.10 Å². The van der Waals surface area contributed by atoms with Gasteiger partial charge in [-0.1, -0.05) is 48.5 Å². The van der Waals surface area contributed by atoms with Gasteiger partial charge in [0.2, 0.25) is 0 Å². The number of carbonyl (C=O) groups is 1. The predicted octanol–water partition coefficient (Wildman–Crippen LogP) is 3.46. The highest BCUT2D eigenvalue weighted by Crippen LogP contribution is 2.44. The Morgan fingerprint density at radius 1 is 1.09 bits per heavy atom. The number of halogens is 1. The predicted molar refractivity (Wildman–Crippen MR) is 123 cm³/mol. The quantitative estimate of drug-likeness (QED) is 0.398. The van der Waals surface area contributed by atoms with Gasteiger partial charge in [0.1, 0.15) is 12.7 Å². The Morgan fingerprint density at radius 2 is 1.72 bits per heavy atom. The van der Waals surface area contributed by atoms with Crippen LogP contribution in [0.25, 0.3) is 11.1 Å². The molecule has 7 nitrogen and oxygen atoms in total. The summed E-state index contributed by atoms with van der Waals surface area (Å²) in [5.74, 6) is -0.0381. The molecule has 0 spiro atoms. The number of hydrogen-bond donors (Lipinski definition) is 4. The third-order valence-electron chi connectivity index (χ3n) is 5.63. The van der Waals surface area contributed by atoms with E-state index in [1.54, 1.807) is 0 Å². The summed E-state index contributed by atoms with van der Waals surface area (Å²) < 4.78 is 6.02. The van der Waals surface area contributed by atoms with E-state index in [0.717, 1.165) is 22.3 Å². The molecule has 1 heterocycles. The Bertz CT molecular complexity index is 1130. The molecule has 1 amide bonds. The molecule has 3 aromatic rings. The highest BCUT2D eigenvalue weighted by molar-refractivity contribution is 9.10. The smallest absolute Gasteiger partial charge is 0.407 e. The van der Waals surface area contributed by atoms with Crippen LogP contribution in [0, 0.1) is 0 Å². The largest absolute Gasteiger partial charge is 0.449 e. The first kappa shape index (κ1) is 22.3. The van der Waals surface area contributed by atoms with Gasteiger partial charge in [-0.2, -0.15) is 0 Å². The summed E-state index contributed by atoms with van der Waals surface area (Å²) in [6.45, 7) is 0.277. The number of rotatable bonds is 7. The molecule has 2 unspecified atom stereocenters. The van der Waals surface area contributed by atoms with E-state index in [9.17, 15) is 19.8 Å². The summed E-state index contributed by atoms with van der Waals surface area (Å²) >= 11 is 3.21. The number of alkyl carbamates (subject to hydrolysis) is 1. The van der Waals surface area contributed by atoms with Gasteiger partial charge >= 0.3 is 6.09 Å². The van der Waals surface area contributed by atoms with Crippen molar-refractivity contribution in [2.24, 2.45) is 0 Å². The zero-order chi connectivity index (χ0) is 22.7. The molecule has 2 atom stereocenters. The first-order chi connectivity index (χ1) is 15.5. The van der Waals surface area contributed by atoms with Crippen molar-refractivity contribution in [1.29, 1.82) is 0 Å². The number of ether oxygens (including phenoxy) is 1. The molecule has 166 valence electrons. The fourth-order valence-electron chi connectivity index (χ4n) is 4.03. The lowest BCUT2D eigenvalue weighted by Gasteiger charge is -2.18. The van der Waals surface area contributed by atoms with E-state index >= 15 is 0 Å². The molecule has 0 radical (unpaired) electrons. The second-order valence-electron chi connectivity index (χ2n) is 7.66. The lowest BCUT2D eigenvalue weighted by Crippen LogP contribution is -2.32. The van der Waals surface area contributed by atoms with Crippen molar-refractivity contribution in [3.8, 4) is 11.1 Å². The van der Waals surface area contributed by atoms with Crippen molar-refractivity contribution < 1.29 is 19.7 Å². The van der Waals surface area contributed by atoms with Gasteiger partial charge in [-0.15, -0.1) is 0 Å². The summed E-state index contributed by atoms with van der Waals surface area (Å²) in [5.41, 5.74) is 4.12. The second kappa shape index (κ2) is 9.68. The van der Waals surface area contributed by atoms with E-state index in [-0.39, 0.29) is 31.1 Å². The van der Waals surface area contributed by atoms with Crippen molar-refractivity contribution >= 4 is 22.0 Å². The Kier molecular flexibility index (Phi) is 6.74. The van der Waals surface area contributed by atoms with E-state index < -0.39 is 23.9 Å². The molecule has 8 heteroatoms. The molecule has 0 fully saturated rings. The highest BCUT2D eigenvalue weighted by atomic mass is 79.9. The van der Waals surface area contributed by atoms with Crippen LogP contribution in [0.15, 0.2) is 70.1 Å². The first-order valence-electron chi connectivity index (χ1n) is 10.3. The summed E-state index contributed by atoms with van der Waals surface area (Å²) in [6.07, 6.45) is -1.70. The molecule has 4 rings (SSSR count). The average molecular weight is 499 g/mol. The van der Waals surface area contributed by atoms with Crippen LogP contribution in [0.3, 0.4) is 0 Å². The van der Waals surface area contributed by atoms with Gasteiger partial charge in [-0.25, -0.2) is 4.79 Å². The Balaban J connectivity index is 1.30. The fraction of sp³-hybridized carbons (Fsp3) is 0.250. The van der Waals surface area contributed by atoms with E-state index in [1.807, 2.05) is 36.4 Å². The standard InChI is InChI=1S/C24H23BrN2O5/c25-14-11-19(23(30)27-12-14)22(29)21(28)9-10-26-24(31)32-13-20-17-7-3-1-5-15(17)16-6-2-4-8-18(16)20/h1-8,11-12,20-22,28-29H,9-10,13H2,(H,26,31)(H,27,30). The van der Waals surface area contributed by atoms with Crippen molar-refractivity contribution in [2.75, 3.05) is 13.2 Å². The zero-order valence-corrected chi connectivity index (χ0v) is 18.7. The number of H-pyrrole nitrogens is 1. The van der Waals surface area contributed by atoms with E-state index in [2.05, 4.69) is 38.4 Å². The number of aromatic nitrogens is 1. The van der Waals surface area contributed by atoms with Crippen molar-refractivity contribution in [3.63, 3.8) is 0 Å². The Hall–Kier alpha value is -2.94. The average Bonchev–Trinajstić information content (AvgIpc) is 3.12. The van der Waals surface area contributed by atoms with Crippen LogP contribution in [0.5, 0.6) is 0 Å². The maximum absolute atomic E-state index is 12.2. The van der Waals surface area contributed by atoms with Crippen molar-refractivity contribution in [1.82, 2.24) is 10.3 Å². The van der Waals surface area contributed by atoms with E-state index in [0.29, 0.717) is 4.47 Å². The van der Waals surface area contributed by atoms with Gasteiger partial charge in [-0.05, 0) is 50.7 Å². The van der Waals surface area contributed by atoms with Gasteiger partial charge in [0.25, 0.3) is 5.56 Å². The minimum Gasteiger partial charge on any atom is -0.449 e. The topological polar surface area (TPSA) is 112 Å². The summed E-state index contributed by atoms with van der Waals surface area (Å²) in [4.78, 5) is 26.5. The summed E-state index contributed by atoms with van der Waals surface area (Å²) in [5, 5.41) is 23.1. The molecule has 0 saturated heterocycles. The van der Waals surface area contributed by atoms with Gasteiger partial charge < -0.3 is 25.3 Å². The lowest BCUT2D eigenvalue weighted by atomic mass is 9.98. The number of benzene rings is 2. The minimum atomic E-state index is -1.37. The molecule has 0 aliphatic heterocycles. The molecule has 4 N–H and O–H groups in total. The minimum absolute atomic E-state index is 0.0381. The van der Waals surface area contributed by atoms with Crippen LogP contribution in [0.4, 0.5) is 4.79 Å². The number of amides is 1. The maximum atomic E-state index is 12.2. The second-order valence-corrected chi connectivity index (χ2v) is 8.57. The zero-order valence-electron chi connectivity index (χ0n) is 17.1. The summed E-state index contributed by atoms with van der Waals surface area (Å²) in [6, 6.07) is 17.6. The molecular formula is C24H23BrN2O5. The number of aliphatic hydroxyl groups is 2. The number of nitrogens with one attached hydrogen (secondary N) is 2. The Labute approximate surface area is 193 Å². The van der Waals surface area contributed by atoms with Crippen LogP contribution in [-0.2, 0) is 4.74 Å². The molecule has 0 saturated carbocycles. The van der Waals surface area contributed by atoms with Crippen LogP contribution < -0.4 is 10.9 Å². The van der Waals surface area contributed by atoms with Gasteiger partial charge in [0.15, 0.2) is 0 Å². The number of fused-ring (bicyclic) bond motifs is 3. The van der Waals surface area contributed by atoms with Crippen molar-refractivity contribution in [3.05, 3.63) is 92.3 Å². The van der Waals surface area contributed by atoms with Crippen molar-refractivity contribution in [2.45, 2.75) is 24.5 Å². The van der Waals surface area contributed by atoms with E-state index in [4.69, 9.17) is 4.74 Å². The molecule has 1 aliphatic carbocycles. The number of aromatic amines is 1. The molecule has 1 aliphatic rings. The number of pyridine rings is 1. The lowest BCUT2D eigenvalue weighted by molar-refractivity contribution is 0.0128. The molecule has 2 aromatic carbocycles. The molecule has 0 bridgehead atoms. The Morgan fingerprint density at radius 3 is 2.38 bits per heavy atom. The van der Waals surface area contributed by atoms with E-state index in [1.165, 1.54) is 12.3 Å². The van der Waals surface area contributed by atoms with Gasteiger partial charge in [-0.3, -0.25) is 4.79 Å². The highest BCUT2D eigenvalue weighted by Gasteiger charge is 2.29. The summed E-state index contributed by atoms with van der Waals surface area (Å²) in [7, 11) is 0. The van der Waals surface area contributed by atoms with Crippen LogP contribution in [-0.4, -0.2) is 40.5 Å². The third kappa shape index (κ3) is 4.62. The third-order valence-corrected chi connectivity index (χ3v) is 6.09. The van der Waals surface area contributed by atoms with Gasteiger partial charge in [0, 0.05) is 28.7 Å². The molecule has 32 heavy (non-hydrogen) atoms. The van der Waals surface area contributed by atoms with Crippen LogP contribution in [0.1, 0.15) is 35.1 Å². The normalized spacial score (nSPS) is 14.3. The molecule has 1 aromatic heterocycles. The number of carbonyl (C=O) groups excluding carboxylic acids is 1. The molecular weight excluding hydrogens is 476 g/mol. The fourth-order valence-corrected chi connectivity index (χ4v) is 4.39. The first-order valence-corrected chi connectivity index (χ1v) is 11.1. The maximum Gasteiger partial charge on any atom is 0.407 e. The van der Waals surface area contributed by atoms with Crippen LogP contribution >= 0.6 is 15.9 Å².